The van der Waals surface area contributed by atoms with Crippen molar-refractivity contribution in [3.63, 3.8) is 0 Å². The average Bonchev–Trinajstić information content (AvgIpc) is 3.86. The summed E-state index contributed by atoms with van der Waals surface area (Å²) in [5.74, 6) is -0.348. The van der Waals surface area contributed by atoms with E-state index in [0.29, 0.717) is 56.7 Å². The summed E-state index contributed by atoms with van der Waals surface area (Å²) in [6.07, 6.45) is 12.2. The first kappa shape index (κ1) is 69.2. The minimum Gasteiger partial charge on any atom is -0.482 e. The number of ether oxygens (including phenoxy) is 6. The lowest BCUT2D eigenvalue weighted by molar-refractivity contribution is -0.144. The van der Waals surface area contributed by atoms with E-state index in [0.717, 1.165) is 113 Å². The first-order valence-corrected chi connectivity index (χ1v) is 29.5. The number of halogens is 5. The SMILES string of the molecule is CCOC(=O)CCCBr.CCOC(=O)CCCCBr.CCOC(=O)CCCCCBr.COC(=O)CBr.COC(=O)CCBr.O=C(O)Cn1nnc(-c2ccc(C3=CC4(CCNCC4)Oc4ccccc43)cc2)n1. The number of fused-ring (bicyclic) bond motifs is 1. The van der Waals surface area contributed by atoms with Gasteiger partial charge in [-0.2, -0.15) is 4.80 Å². The predicted octanol–water partition coefficient (Wildman–Crippen LogP) is 10.2. The number of hydrogen-bond donors (Lipinski definition) is 2. The maximum Gasteiger partial charge on any atom is 0.327 e. The smallest absolute Gasteiger partial charge is 0.327 e. The van der Waals surface area contributed by atoms with Gasteiger partial charge in [0.15, 0.2) is 6.54 Å². The fraction of sp³-hybridized carbons (Fsp3) is 0.580. The Balaban J connectivity index is 0.000000997. The molecule has 23 heteroatoms. The second-order valence-electron chi connectivity index (χ2n) is 15.2. The summed E-state index contributed by atoms with van der Waals surface area (Å²) in [5.41, 5.74) is 3.83. The third-order valence-corrected chi connectivity index (χ3v) is 12.1. The molecule has 73 heavy (non-hydrogen) atoms. The largest absolute Gasteiger partial charge is 0.482 e. The molecule has 1 saturated heterocycles. The van der Waals surface area contributed by atoms with E-state index in [9.17, 15) is 28.8 Å². The number of hydrogen-bond acceptors (Lipinski definition) is 16. The Morgan fingerprint density at radius 2 is 1.15 bits per heavy atom. The van der Waals surface area contributed by atoms with Crippen molar-refractivity contribution < 1.29 is 62.3 Å². The van der Waals surface area contributed by atoms with Crippen molar-refractivity contribution in [2.45, 2.75) is 110 Å². The van der Waals surface area contributed by atoms with Gasteiger partial charge in [-0.3, -0.25) is 28.8 Å². The first-order chi connectivity index (χ1) is 35.2. The zero-order valence-electron chi connectivity index (χ0n) is 42.5. The Labute approximate surface area is 472 Å². The van der Waals surface area contributed by atoms with Crippen molar-refractivity contribution in [2.24, 2.45) is 0 Å². The van der Waals surface area contributed by atoms with Crippen molar-refractivity contribution in [3.05, 3.63) is 65.7 Å². The fourth-order valence-corrected chi connectivity index (χ4v) is 7.72. The highest BCUT2D eigenvalue weighted by atomic mass is 79.9. The van der Waals surface area contributed by atoms with E-state index >= 15 is 0 Å². The van der Waals surface area contributed by atoms with Crippen molar-refractivity contribution in [3.8, 4) is 17.1 Å². The van der Waals surface area contributed by atoms with Crippen LogP contribution >= 0.6 is 79.6 Å². The number of piperidine rings is 1. The number of nitrogens with zero attached hydrogens (tertiary/aromatic N) is 4. The maximum absolute atomic E-state index is 10.8. The van der Waals surface area contributed by atoms with Gasteiger partial charge in [0.2, 0.25) is 5.82 Å². The van der Waals surface area contributed by atoms with Crippen LogP contribution in [0.15, 0.2) is 54.6 Å². The summed E-state index contributed by atoms with van der Waals surface area (Å²) < 4.78 is 29.2. The van der Waals surface area contributed by atoms with Gasteiger partial charge in [-0.15, -0.1) is 10.2 Å². The number of benzene rings is 2. The quantitative estimate of drug-likeness (QED) is 0.0412. The Hall–Kier alpha value is -3.77. The second-order valence-corrected chi connectivity index (χ2v) is 18.9. The number of aromatic nitrogens is 4. The molecule has 2 aromatic carbocycles. The molecule has 3 aromatic rings. The molecule has 0 radical (unpaired) electrons. The Bertz CT molecular complexity index is 2030. The molecule has 18 nitrogen and oxygen atoms in total. The molecule has 1 spiro atoms. The topological polar surface area (TPSA) is 234 Å². The van der Waals surface area contributed by atoms with Crippen LogP contribution in [-0.4, -0.2) is 141 Å². The van der Waals surface area contributed by atoms with Crippen molar-refractivity contribution in [1.82, 2.24) is 25.5 Å². The van der Waals surface area contributed by atoms with Crippen LogP contribution in [0.5, 0.6) is 5.75 Å². The Morgan fingerprint density at radius 1 is 0.644 bits per heavy atom. The number of alkyl halides is 5. The summed E-state index contributed by atoms with van der Waals surface area (Å²) in [4.78, 5) is 64.0. The van der Waals surface area contributed by atoms with Crippen LogP contribution in [0.2, 0.25) is 0 Å². The van der Waals surface area contributed by atoms with Gasteiger partial charge in [0, 0.05) is 64.6 Å². The zero-order valence-corrected chi connectivity index (χ0v) is 50.4. The third-order valence-electron chi connectivity index (χ3n) is 9.60. The molecule has 0 bridgehead atoms. The zero-order chi connectivity index (χ0) is 54.7. The van der Waals surface area contributed by atoms with Crippen LogP contribution in [0.1, 0.15) is 109 Å². The molecular formula is C50H72Br5N5O13. The highest BCUT2D eigenvalue weighted by molar-refractivity contribution is 9.10. The summed E-state index contributed by atoms with van der Waals surface area (Å²) in [6.45, 7) is 8.49. The molecule has 2 aliphatic rings. The van der Waals surface area contributed by atoms with E-state index in [4.69, 9.17) is 19.3 Å². The highest BCUT2D eigenvalue weighted by Crippen LogP contribution is 2.42. The van der Waals surface area contributed by atoms with Crippen LogP contribution < -0.4 is 10.1 Å². The van der Waals surface area contributed by atoms with Crippen molar-refractivity contribution >= 4 is 121 Å². The molecule has 5 rings (SSSR count). The van der Waals surface area contributed by atoms with Crippen LogP contribution in [0.25, 0.3) is 17.0 Å². The Morgan fingerprint density at radius 3 is 1.62 bits per heavy atom. The van der Waals surface area contributed by atoms with Crippen molar-refractivity contribution in [1.29, 1.82) is 0 Å². The molecule has 0 unspecified atom stereocenters. The molecular weight excluding hydrogens is 1280 g/mol. The summed E-state index contributed by atoms with van der Waals surface area (Å²) in [7, 11) is 2.73. The molecule has 2 N–H and O–H groups in total. The van der Waals surface area contributed by atoms with Gasteiger partial charge in [-0.25, -0.2) is 0 Å². The van der Waals surface area contributed by atoms with E-state index in [1.54, 1.807) is 0 Å². The minimum atomic E-state index is -1.01. The highest BCUT2D eigenvalue weighted by Gasteiger charge is 2.37. The standard InChI is InChI=1S/C22H21N5O3.C8H15BrO2.C7H13BrO2.C6H11BrO2.C4H7BrO2.C3H5BrO2/c28-20(29)14-27-25-21(24-26-27)16-7-5-15(6-8-16)18-13-22(9-11-23-12-10-22)30-19-4-2-1-3-17(18)19;1-2-11-8(10)6-4-3-5-7-9;1-2-10-7(9)5-3-4-6-8;1-2-9-6(8)4-3-5-7;1-7-4(6)2-3-5;1-6-3(5)2-4/h1-8,13,23H,9-12,14H2,(H,28,29);2-7H2,1H3;2-6H2,1H3;2-5H2,1H3;2-3H2,1H3;2H2,1H3. The van der Waals surface area contributed by atoms with E-state index in [-0.39, 0.29) is 47.3 Å². The van der Waals surface area contributed by atoms with Crippen LogP contribution in [0.4, 0.5) is 0 Å². The molecule has 2 aliphatic heterocycles. The lowest BCUT2D eigenvalue weighted by Crippen LogP contribution is -2.46. The maximum atomic E-state index is 10.8. The number of esters is 5. The third kappa shape index (κ3) is 33.0. The lowest BCUT2D eigenvalue weighted by atomic mass is 9.83. The van der Waals surface area contributed by atoms with Gasteiger partial charge in [0.05, 0.1) is 40.5 Å². The van der Waals surface area contributed by atoms with Gasteiger partial charge in [0.1, 0.15) is 16.7 Å². The molecule has 3 heterocycles. The van der Waals surface area contributed by atoms with Gasteiger partial charge < -0.3 is 38.8 Å². The fourth-order valence-electron chi connectivity index (χ4n) is 6.10. The number of rotatable bonds is 22. The normalized spacial score (nSPS) is 12.3. The number of para-hydroxylation sites is 1. The van der Waals surface area contributed by atoms with Crippen LogP contribution in [-0.2, 0) is 59.0 Å². The van der Waals surface area contributed by atoms with E-state index < -0.39 is 5.97 Å². The number of carbonyl (C=O) groups excluding carboxylic acids is 5. The van der Waals surface area contributed by atoms with E-state index in [1.807, 2.05) is 63.2 Å². The second kappa shape index (κ2) is 44.5. The molecule has 410 valence electrons. The number of aliphatic carboxylic acids is 1. The number of tetrazole rings is 1. The predicted molar refractivity (Wildman–Crippen MR) is 299 cm³/mol. The molecule has 0 atom stereocenters. The molecule has 0 aliphatic carbocycles. The minimum absolute atomic E-state index is 0.0675. The summed E-state index contributed by atoms with van der Waals surface area (Å²) in [5, 5.41) is 28.0. The van der Waals surface area contributed by atoms with Crippen molar-refractivity contribution in [2.75, 3.05) is 73.8 Å². The van der Waals surface area contributed by atoms with Gasteiger partial charge in [-0.1, -0.05) is 129 Å². The number of nitrogens with one attached hydrogen (secondary N) is 1. The van der Waals surface area contributed by atoms with Crippen LogP contribution in [0, 0.1) is 0 Å². The molecule has 1 aromatic heterocycles. The Kier molecular flexibility index (Phi) is 42.2. The van der Waals surface area contributed by atoms with Crippen LogP contribution in [0.3, 0.4) is 0 Å². The first-order valence-electron chi connectivity index (χ1n) is 23.9. The molecule has 0 saturated carbocycles. The van der Waals surface area contributed by atoms with Gasteiger partial charge in [0.25, 0.3) is 0 Å². The summed E-state index contributed by atoms with van der Waals surface area (Å²) >= 11 is 15.8. The molecule has 1 fully saturated rings. The molecule has 0 amide bonds. The number of carboxylic acid groups (broad SMARTS) is 1. The lowest BCUT2D eigenvalue weighted by Gasteiger charge is -2.40. The number of methoxy groups -OCH3 is 2. The van der Waals surface area contributed by atoms with E-state index in [2.05, 4.69) is 127 Å². The number of carboxylic acids is 1. The monoisotopic (exact) mass is 1350 g/mol. The van der Waals surface area contributed by atoms with Gasteiger partial charge >= 0.3 is 35.8 Å². The summed E-state index contributed by atoms with van der Waals surface area (Å²) in [6, 6.07) is 16.1. The number of unbranched alkanes of at least 4 members (excludes halogenated alkanes) is 3. The number of carbonyl (C=O) groups is 6. The average molecular weight is 1350 g/mol. The van der Waals surface area contributed by atoms with E-state index in [1.165, 1.54) is 14.2 Å². The van der Waals surface area contributed by atoms with Gasteiger partial charge in [-0.05, 0) is 94.5 Å².